The van der Waals surface area contributed by atoms with Crippen LogP contribution in [-0.4, -0.2) is 66.9 Å². The van der Waals surface area contributed by atoms with E-state index < -0.39 is 0 Å². The number of hydrogen-bond donors (Lipinski definition) is 2. The highest BCUT2D eigenvalue weighted by Crippen LogP contribution is 2.31. The summed E-state index contributed by atoms with van der Waals surface area (Å²) in [6.45, 7) is 3.29. The Morgan fingerprint density at radius 3 is 2.27 bits per heavy atom. The van der Waals surface area contributed by atoms with Gasteiger partial charge in [0.25, 0.3) is 5.91 Å². The number of nitrogens with zero attached hydrogens (tertiary/aromatic N) is 2. The summed E-state index contributed by atoms with van der Waals surface area (Å²) in [7, 11) is 0. The Labute approximate surface area is 153 Å². The van der Waals surface area contributed by atoms with Crippen molar-refractivity contribution < 1.29 is 14.4 Å². The molecule has 1 aliphatic carbocycles. The van der Waals surface area contributed by atoms with Crippen molar-refractivity contribution in [2.75, 3.05) is 39.3 Å². The Hall–Kier alpha value is -2.57. The van der Waals surface area contributed by atoms with Crippen molar-refractivity contribution in [3.8, 4) is 0 Å². The maximum absolute atomic E-state index is 12.3. The van der Waals surface area contributed by atoms with Gasteiger partial charge in [0.1, 0.15) is 0 Å². The van der Waals surface area contributed by atoms with Gasteiger partial charge in [-0.25, -0.2) is 4.79 Å². The Morgan fingerprint density at radius 2 is 1.54 bits per heavy atom. The maximum atomic E-state index is 12.3. The number of amides is 4. The first-order valence-corrected chi connectivity index (χ1v) is 9.30. The van der Waals surface area contributed by atoms with Crippen LogP contribution in [0.1, 0.15) is 29.6 Å². The monoisotopic (exact) mass is 358 g/mol. The Balaban J connectivity index is 1.35. The van der Waals surface area contributed by atoms with Crippen LogP contribution in [0.4, 0.5) is 4.79 Å². The second-order valence-corrected chi connectivity index (χ2v) is 6.79. The lowest BCUT2D eigenvalue weighted by atomic mass is 10.2. The van der Waals surface area contributed by atoms with Crippen molar-refractivity contribution in [3.63, 3.8) is 0 Å². The molecular formula is C19H26N4O3. The molecule has 1 aliphatic heterocycles. The summed E-state index contributed by atoms with van der Waals surface area (Å²) < 4.78 is 0. The molecule has 0 atom stereocenters. The van der Waals surface area contributed by atoms with Gasteiger partial charge in [0, 0.05) is 50.7 Å². The van der Waals surface area contributed by atoms with Crippen LogP contribution in [0.2, 0.25) is 0 Å². The first-order chi connectivity index (χ1) is 12.6. The molecule has 7 nitrogen and oxygen atoms in total. The highest BCUT2D eigenvalue weighted by atomic mass is 16.2. The summed E-state index contributed by atoms with van der Waals surface area (Å²) in [6.07, 6.45) is 2.82. The average molecular weight is 358 g/mol. The molecule has 0 unspecified atom stereocenters. The highest BCUT2D eigenvalue weighted by Gasteiger charge is 2.34. The summed E-state index contributed by atoms with van der Waals surface area (Å²) in [5.74, 6) is 0.323. The van der Waals surface area contributed by atoms with Crippen molar-refractivity contribution in [2.45, 2.75) is 19.3 Å². The van der Waals surface area contributed by atoms with Gasteiger partial charge in [-0.05, 0) is 31.4 Å². The Kier molecular flexibility index (Phi) is 6.09. The van der Waals surface area contributed by atoms with Crippen LogP contribution in [-0.2, 0) is 4.79 Å². The fraction of sp³-hybridized carbons (Fsp3) is 0.526. The molecule has 1 heterocycles. The number of urea groups is 1. The van der Waals surface area contributed by atoms with Gasteiger partial charge >= 0.3 is 6.03 Å². The van der Waals surface area contributed by atoms with Gasteiger partial charge in [-0.1, -0.05) is 18.2 Å². The van der Waals surface area contributed by atoms with E-state index in [9.17, 15) is 14.4 Å². The molecule has 1 saturated heterocycles. The number of carbonyl (C=O) groups is 3. The van der Waals surface area contributed by atoms with Crippen LogP contribution in [0.25, 0.3) is 0 Å². The zero-order valence-electron chi connectivity index (χ0n) is 14.9. The molecule has 7 heteroatoms. The van der Waals surface area contributed by atoms with Crippen LogP contribution in [0.5, 0.6) is 0 Å². The van der Waals surface area contributed by atoms with Crippen LogP contribution in [0, 0.1) is 5.92 Å². The number of hydrogen-bond acceptors (Lipinski definition) is 3. The van der Waals surface area contributed by atoms with Gasteiger partial charge in [-0.15, -0.1) is 0 Å². The van der Waals surface area contributed by atoms with Crippen molar-refractivity contribution in [1.29, 1.82) is 0 Å². The van der Waals surface area contributed by atoms with Crippen LogP contribution in [0.15, 0.2) is 30.3 Å². The predicted octanol–water partition coefficient (Wildman–Crippen LogP) is 1.07. The highest BCUT2D eigenvalue weighted by molar-refractivity contribution is 5.94. The number of rotatable bonds is 5. The van der Waals surface area contributed by atoms with Crippen molar-refractivity contribution in [3.05, 3.63) is 35.9 Å². The fourth-order valence-corrected chi connectivity index (χ4v) is 3.08. The van der Waals surface area contributed by atoms with E-state index in [1.54, 1.807) is 17.0 Å². The molecule has 1 aromatic carbocycles. The van der Waals surface area contributed by atoms with E-state index in [4.69, 9.17) is 0 Å². The summed E-state index contributed by atoms with van der Waals surface area (Å²) in [4.78, 5) is 40.0. The van der Waals surface area contributed by atoms with E-state index in [2.05, 4.69) is 10.6 Å². The lowest BCUT2D eigenvalue weighted by Gasteiger charge is -2.22. The van der Waals surface area contributed by atoms with E-state index in [0.29, 0.717) is 38.3 Å². The van der Waals surface area contributed by atoms with E-state index in [-0.39, 0.29) is 23.8 Å². The second kappa shape index (κ2) is 8.69. The van der Waals surface area contributed by atoms with Gasteiger partial charge < -0.3 is 20.4 Å². The van der Waals surface area contributed by atoms with Gasteiger partial charge in [-0.2, -0.15) is 0 Å². The Morgan fingerprint density at radius 1 is 0.885 bits per heavy atom. The summed E-state index contributed by atoms with van der Waals surface area (Å²) >= 11 is 0. The third-order valence-corrected chi connectivity index (χ3v) is 4.74. The van der Waals surface area contributed by atoms with E-state index in [0.717, 1.165) is 25.8 Å². The van der Waals surface area contributed by atoms with Crippen molar-refractivity contribution in [2.24, 2.45) is 5.92 Å². The lowest BCUT2D eigenvalue weighted by Crippen LogP contribution is -2.45. The first kappa shape index (κ1) is 18.2. The third kappa shape index (κ3) is 4.97. The van der Waals surface area contributed by atoms with E-state index in [1.165, 1.54) is 0 Å². The molecule has 2 aliphatic rings. The standard InChI is InChI=1S/C19H26N4O3/c24-17(15-5-2-1-3-6-15)20-9-10-21-19(26)23-12-4-11-22(13-14-23)18(25)16-7-8-16/h1-3,5-6,16H,4,7-14H2,(H,20,24)(H,21,26). The quantitative estimate of drug-likeness (QED) is 0.773. The molecule has 4 amide bonds. The SMILES string of the molecule is O=C(NCCNC(=O)N1CCCN(C(=O)C2CC2)CC1)c1ccccc1. The summed E-state index contributed by atoms with van der Waals surface area (Å²) in [6, 6.07) is 8.84. The van der Waals surface area contributed by atoms with Gasteiger partial charge in [0.05, 0.1) is 0 Å². The van der Waals surface area contributed by atoms with Crippen LogP contribution < -0.4 is 10.6 Å². The normalized spacial score (nSPS) is 17.4. The van der Waals surface area contributed by atoms with Crippen LogP contribution >= 0.6 is 0 Å². The first-order valence-electron chi connectivity index (χ1n) is 9.30. The minimum Gasteiger partial charge on any atom is -0.350 e. The zero-order chi connectivity index (χ0) is 18.4. The molecule has 1 aromatic rings. The molecule has 0 aromatic heterocycles. The topological polar surface area (TPSA) is 81.8 Å². The molecule has 0 radical (unpaired) electrons. The molecule has 3 rings (SSSR count). The molecule has 0 bridgehead atoms. The predicted molar refractivity (Wildman–Crippen MR) is 97.7 cm³/mol. The summed E-state index contributed by atoms with van der Waals surface area (Å²) in [5, 5.41) is 5.62. The smallest absolute Gasteiger partial charge is 0.317 e. The van der Waals surface area contributed by atoms with E-state index >= 15 is 0 Å². The number of carbonyl (C=O) groups excluding carboxylic acids is 3. The van der Waals surface area contributed by atoms with Gasteiger partial charge in [-0.3, -0.25) is 9.59 Å². The number of benzene rings is 1. The largest absolute Gasteiger partial charge is 0.350 e. The van der Waals surface area contributed by atoms with Crippen molar-refractivity contribution in [1.82, 2.24) is 20.4 Å². The molecule has 140 valence electrons. The zero-order valence-corrected chi connectivity index (χ0v) is 14.9. The molecule has 2 fully saturated rings. The minimum atomic E-state index is -0.149. The second-order valence-electron chi connectivity index (χ2n) is 6.79. The van der Waals surface area contributed by atoms with E-state index in [1.807, 2.05) is 23.1 Å². The fourth-order valence-electron chi connectivity index (χ4n) is 3.08. The van der Waals surface area contributed by atoms with Crippen LogP contribution in [0.3, 0.4) is 0 Å². The van der Waals surface area contributed by atoms with Crippen molar-refractivity contribution >= 4 is 17.8 Å². The molecule has 1 saturated carbocycles. The molecule has 26 heavy (non-hydrogen) atoms. The lowest BCUT2D eigenvalue weighted by molar-refractivity contribution is -0.132. The number of nitrogens with one attached hydrogen (secondary N) is 2. The molecule has 0 spiro atoms. The molecule has 2 N–H and O–H groups in total. The Bertz CT molecular complexity index is 645. The molecular weight excluding hydrogens is 332 g/mol. The average Bonchev–Trinajstić information content (AvgIpc) is 3.51. The summed E-state index contributed by atoms with van der Waals surface area (Å²) in [5.41, 5.74) is 0.603. The van der Waals surface area contributed by atoms with Gasteiger partial charge in [0.2, 0.25) is 5.91 Å². The minimum absolute atomic E-state index is 0.139. The maximum Gasteiger partial charge on any atom is 0.317 e. The van der Waals surface area contributed by atoms with Gasteiger partial charge in [0.15, 0.2) is 0 Å². The third-order valence-electron chi connectivity index (χ3n) is 4.74.